The minimum absolute atomic E-state index is 0.0140. The molecule has 0 aliphatic heterocycles. The molecule has 24 heavy (non-hydrogen) atoms. The Balaban J connectivity index is 1.69. The van der Waals surface area contributed by atoms with Gasteiger partial charge in [0.2, 0.25) is 5.91 Å². The average molecular weight is 339 g/mol. The molecule has 5 nitrogen and oxygen atoms in total. The van der Waals surface area contributed by atoms with Crippen LogP contribution in [0.2, 0.25) is 0 Å². The summed E-state index contributed by atoms with van der Waals surface area (Å²) in [7, 11) is 1.73. The lowest BCUT2D eigenvalue weighted by Gasteiger charge is -2.17. The summed E-state index contributed by atoms with van der Waals surface area (Å²) in [4.78, 5) is 31.4. The van der Waals surface area contributed by atoms with Crippen LogP contribution in [0.5, 0.6) is 0 Å². The monoisotopic (exact) mass is 339 g/mol. The second-order valence-electron chi connectivity index (χ2n) is 5.45. The first-order valence-electron chi connectivity index (χ1n) is 7.52. The van der Waals surface area contributed by atoms with Gasteiger partial charge in [0.05, 0.1) is 16.9 Å². The zero-order valence-corrected chi connectivity index (χ0v) is 14.1. The van der Waals surface area contributed by atoms with Crippen molar-refractivity contribution < 1.29 is 4.79 Å². The lowest BCUT2D eigenvalue weighted by atomic mass is 10.2. The summed E-state index contributed by atoms with van der Waals surface area (Å²) in [6, 6.07) is 15.0. The van der Waals surface area contributed by atoms with Gasteiger partial charge in [-0.05, 0) is 17.0 Å². The highest BCUT2D eigenvalue weighted by atomic mass is 32.1. The predicted octanol–water partition coefficient (Wildman–Crippen LogP) is 2.63. The van der Waals surface area contributed by atoms with Crippen LogP contribution in [-0.4, -0.2) is 27.4 Å². The molecule has 0 spiro atoms. The van der Waals surface area contributed by atoms with Crippen molar-refractivity contribution in [1.82, 2.24) is 14.5 Å². The van der Waals surface area contributed by atoms with Crippen LogP contribution in [-0.2, 0) is 17.9 Å². The maximum Gasteiger partial charge on any atom is 0.254 e. The number of hydrogen-bond acceptors (Lipinski definition) is 4. The summed E-state index contributed by atoms with van der Waals surface area (Å²) >= 11 is 1.52. The Labute approximate surface area is 143 Å². The van der Waals surface area contributed by atoms with Crippen LogP contribution < -0.4 is 5.56 Å². The molecule has 3 aromatic rings. The molecule has 0 radical (unpaired) electrons. The van der Waals surface area contributed by atoms with E-state index in [9.17, 15) is 9.59 Å². The summed E-state index contributed by atoms with van der Waals surface area (Å²) < 4.78 is 1.33. The molecule has 0 N–H and O–H groups in total. The molecular weight excluding hydrogens is 322 g/mol. The van der Waals surface area contributed by atoms with Crippen LogP contribution in [0, 0.1) is 0 Å². The van der Waals surface area contributed by atoms with Gasteiger partial charge >= 0.3 is 0 Å². The fourth-order valence-corrected chi connectivity index (χ4v) is 3.01. The zero-order chi connectivity index (χ0) is 16.9. The predicted molar refractivity (Wildman–Crippen MR) is 94.7 cm³/mol. The first-order valence-corrected chi connectivity index (χ1v) is 8.40. The van der Waals surface area contributed by atoms with Gasteiger partial charge in [0.25, 0.3) is 5.56 Å². The SMILES string of the molecule is CN(Cc1ccccc1)C(=O)Cn1cnc(-c2cccs2)cc1=O. The van der Waals surface area contributed by atoms with E-state index >= 15 is 0 Å². The van der Waals surface area contributed by atoms with E-state index in [2.05, 4.69) is 4.98 Å². The molecule has 0 fully saturated rings. The van der Waals surface area contributed by atoms with Gasteiger partial charge in [0.1, 0.15) is 6.54 Å². The van der Waals surface area contributed by atoms with Crippen molar-refractivity contribution in [3.05, 3.63) is 76.2 Å². The van der Waals surface area contributed by atoms with Crippen LogP contribution in [0.4, 0.5) is 0 Å². The minimum Gasteiger partial charge on any atom is -0.340 e. The summed E-state index contributed by atoms with van der Waals surface area (Å²) in [5, 5.41) is 1.94. The molecule has 2 heterocycles. The third-order valence-corrected chi connectivity index (χ3v) is 4.54. The average Bonchev–Trinajstić information content (AvgIpc) is 3.12. The molecule has 0 atom stereocenters. The van der Waals surface area contributed by atoms with E-state index in [0.29, 0.717) is 12.2 Å². The van der Waals surface area contributed by atoms with Crippen molar-refractivity contribution in [2.24, 2.45) is 0 Å². The fourth-order valence-electron chi connectivity index (χ4n) is 2.32. The highest BCUT2D eigenvalue weighted by Crippen LogP contribution is 2.20. The Bertz CT molecular complexity index is 873. The maximum absolute atomic E-state index is 12.3. The minimum atomic E-state index is -0.227. The molecule has 2 aromatic heterocycles. The topological polar surface area (TPSA) is 55.2 Å². The number of hydrogen-bond donors (Lipinski definition) is 0. The highest BCUT2D eigenvalue weighted by molar-refractivity contribution is 7.13. The molecule has 3 rings (SSSR count). The smallest absolute Gasteiger partial charge is 0.254 e. The molecule has 122 valence electrons. The van der Waals surface area contributed by atoms with Crippen LogP contribution in [0.15, 0.2) is 65.0 Å². The quantitative estimate of drug-likeness (QED) is 0.718. The molecule has 0 unspecified atom stereocenters. The van der Waals surface area contributed by atoms with Crippen molar-refractivity contribution in [2.45, 2.75) is 13.1 Å². The molecule has 0 saturated heterocycles. The van der Waals surface area contributed by atoms with E-state index in [4.69, 9.17) is 0 Å². The first kappa shape index (κ1) is 16.1. The lowest BCUT2D eigenvalue weighted by Crippen LogP contribution is -2.33. The number of carbonyl (C=O) groups is 1. The molecule has 0 aliphatic carbocycles. The lowest BCUT2D eigenvalue weighted by molar-refractivity contribution is -0.131. The van der Waals surface area contributed by atoms with E-state index in [1.165, 1.54) is 28.3 Å². The summed E-state index contributed by atoms with van der Waals surface area (Å²) in [5.74, 6) is -0.133. The number of amides is 1. The number of likely N-dealkylation sites (N-methyl/N-ethyl adjacent to an activating group) is 1. The summed E-state index contributed by atoms with van der Waals surface area (Å²) in [5.41, 5.74) is 1.46. The van der Waals surface area contributed by atoms with Crippen molar-refractivity contribution in [3.63, 3.8) is 0 Å². The second kappa shape index (κ2) is 7.23. The van der Waals surface area contributed by atoms with Crippen molar-refractivity contribution in [3.8, 4) is 10.6 Å². The molecule has 1 amide bonds. The normalized spacial score (nSPS) is 10.5. The van der Waals surface area contributed by atoms with Gasteiger partial charge in [-0.1, -0.05) is 36.4 Å². The molecule has 0 aliphatic rings. The second-order valence-corrected chi connectivity index (χ2v) is 6.40. The van der Waals surface area contributed by atoms with Gasteiger partial charge in [-0.15, -0.1) is 11.3 Å². The van der Waals surface area contributed by atoms with Gasteiger partial charge in [0.15, 0.2) is 0 Å². The molecule has 6 heteroatoms. The third-order valence-electron chi connectivity index (χ3n) is 3.65. The summed E-state index contributed by atoms with van der Waals surface area (Å²) in [6.45, 7) is 0.495. The van der Waals surface area contributed by atoms with E-state index in [0.717, 1.165) is 10.4 Å². The molecule has 0 bridgehead atoms. The van der Waals surface area contributed by atoms with E-state index < -0.39 is 0 Å². The Morgan fingerprint density at radius 2 is 2.00 bits per heavy atom. The van der Waals surface area contributed by atoms with Crippen LogP contribution in [0.3, 0.4) is 0 Å². The number of thiophene rings is 1. The zero-order valence-electron chi connectivity index (χ0n) is 13.3. The Hall–Kier alpha value is -2.73. The molecule has 0 saturated carbocycles. The largest absolute Gasteiger partial charge is 0.340 e. The van der Waals surface area contributed by atoms with Crippen LogP contribution >= 0.6 is 11.3 Å². The molecular formula is C18H17N3O2S. The van der Waals surface area contributed by atoms with Gasteiger partial charge in [-0.3, -0.25) is 14.2 Å². The Kier molecular flexibility index (Phi) is 4.86. The van der Waals surface area contributed by atoms with Crippen LogP contribution in [0.1, 0.15) is 5.56 Å². The number of carbonyl (C=O) groups excluding carboxylic acids is 1. The number of benzene rings is 1. The first-order chi connectivity index (χ1) is 11.6. The highest BCUT2D eigenvalue weighted by Gasteiger charge is 2.12. The third kappa shape index (κ3) is 3.78. The van der Waals surface area contributed by atoms with Gasteiger partial charge in [-0.2, -0.15) is 0 Å². The standard InChI is InChI=1S/C18H17N3O2S/c1-20(11-14-6-3-2-4-7-14)18(23)12-21-13-19-15(10-17(21)22)16-8-5-9-24-16/h2-10,13H,11-12H2,1H3. The van der Waals surface area contributed by atoms with Crippen LogP contribution in [0.25, 0.3) is 10.6 Å². The van der Waals surface area contributed by atoms with Crippen molar-refractivity contribution in [1.29, 1.82) is 0 Å². The Morgan fingerprint density at radius 1 is 1.21 bits per heavy atom. The number of aromatic nitrogens is 2. The van der Waals surface area contributed by atoms with Gasteiger partial charge < -0.3 is 4.90 Å². The fraction of sp³-hybridized carbons (Fsp3) is 0.167. The number of rotatable bonds is 5. The van der Waals surface area contributed by atoms with Gasteiger partial charge in [-0.25, -0.2) is 4.98 Å². The number of nitrogens with zero attached hydrogens (tertiary/aromatic N) is 3. The van der Waals surface area contributed by atoms with Crippen molar-refractivity contribution >= 4 is 17.2 Å². The molecule has 1 aromatic carbocycles. The Morgan fingerprint density at radius 3 is 2.67 bits per heavy atom. The van der Waals surface area contributed by atoms with E-state index in [1.54, 1.807) is 11.9 Å². The maximum atomic E-state index is 12.3. The van der Waals surface area contributed by atoms with Gasteiger partial charge in [0, 0.05) is 19.7 Å². The van der Waals surface area contributed by atoms with E-state index in [1.807, 2.05) is 47.8 Å². The summed E-state index contributed by atoms with van der Waals surface area (Å²) in [6.07, 6.45) is 1.44. The van der Waals surface area contributed by atoms with E-state index in [-0.39, 0.29) is 18.0 Å². The van der Waals surface area contributed by atoms with Crippen molar-refractivity contribution in [2.75, 3.05) is 7.05 Å².